The molecule has 0 atom stereocenters. The highest BCUT2D eigenvalue weighted by Crippen LogP contribution is 2.22. The Bertz CT molecular complexity index is 1090. The van der Waals surface area contributed by atoms with E-state index in [9.17, 15) is 28.3 Å². The van der Waals surface area contributed by atoms with Crippen LogP contribution in [0.1, 0.15) is 26.4 Å². The maximum Gasteiger partial charge on any atom is 0.288 e. The standard InChI is InChI=1S/C20H23F2N5O4/c1-24(2)6-7-27-11-26-10-14(17(28)18(29)16(26)20(31)25(27)3)19(30)23-9-12-4-5-13(21)8-15(12)22/h4-5,8,10,29H,6-7,9,11H2,1-3H3,(H,23,30). The number of fused-ring (bicyclic) bond motifs is 1. The summed E-state index contributed by atoms with van der Waals surface area (Å²) in [5.74, 6) is -3.86. The zero-order valence-corrected chi connectivity index (χ0v) is 17.4. The van der Waals surface area contributed by atoms with Gasteiger partial charge >= 0.3 is 0 Å². The van der Waals surface area contributed by atoms with E-state index in [4.69, 9.17) is 0 Å². The number of carbonyl (C=O) groups is 2. The second-order valence-corrected chi connectivity index (χ2v) is 7.46. The van der Waals surface area contributed by atoms with Crippen molar-refractivity contribution < 1.29 is 23.5 Å². The number of hydrazine groups is 1. The third kappa shape index (κ3) is 4.57. The number of rotatable bonds is 6. The predicted molar refractivity (Wildman–Crippen MR) is 107 cm³/mol. The molecule has 1 aliphatic rings. The number of benzene rings is 1. The van der Waals surface area contributed by atoms with Crippen molar-refractivity contribution in [1.29, 1.82) is 0 Å². The van der Waals surface area contributed by atoms with Crippen molar-refractivity contribution in [2.24, 2.45) is 0 Å². The molecule has 0 saturated carbocycles. The molecule has 1 aromatic heterocycles. The molecule has 166 valence electrons. The molecule has 0 radical (unpaired) electrons. The van der Waals surface area contributed by atoms with Gasteiger partial charge < -0.3 is 19.9 Å². The van der Waals surface area contributed by atoms with E-state index in [0.717, 1.165) is 6.07 Å². The number of nitrogens with one attached hydrogen (secondary N) is 1. The average molecular weight is 435 g/mol. The quantitative estimate of drug-likeness (QED) is 0.689. The van der Waals surface area contributed by atoms with Gasteiger partial charge in [-0.3, -0.25) is 19.4 Å². The van der Waals surface area contributed by atoms with E-state index in [1.54, 1.807) is 5.01 Å². The van der Waals surface area contributed by atoms with Crippen LogP contribution in [0, 0.1) is 11.6 Å². The lowest BCUT2D eigenvalue weighted by Crippen LogP contribution is -2.52. The van der Waals surface area contributed by atoms with Gasteiger partial charge in [0.15, 0.2) is 11.4 Å². The lowest BCUT2D eigenvalue weighted by atomic mass is 10.1. The number of hydrogen-bond donors (Lipinski definition) is 2. The normalized spacial score (nSPS) is 14.1. The van der Waals surface area contributed by atoms with Crippen LogP contribution >= 0.6 is 0 Å². The maximum absolute atomic E-state index is 13.8. The minimum absolute atomic E-state index is 0.0312. The van der Waals surface area contributed by atoms with Crippen molar-refractivity contribution in [2.75, 3.05) is 34.2 Å². The first-order chi connectivity index (χ1) is 14.6. The van der Waals surface area contributed by atoms with Gasteiger partial charge in [0.2, 0.25) is 5.43 Å². The molecule has 11 heteroatoms. The van der Waals surface area contributed by atoms with Gasteiger partial charge in [-0.25, -0.2) is 8.78 Å². The second-order valence-electron chi connectivity index (χ2n) is 7.46. The van der Waals surface area contributed by atoms with Crippen LogP contribution in [0.5, 0.6) is 5.75 Å². The molecule has 0 spiro atoms. The summed E-state index contributed by atoms with van der Waals surface area (Å²) in [6.45, 7) is 0.984. The molecule has 0 unspecified atom stereocenters. The van der Waals surface area contributed by atoms with Gasteiger partial charge in [0.1, 0.15) is 17.2 Å². The summed E-state index contributed by atoms with van der Waals surface area (Å²) >= 11 is 0. The molecule has 0 aliphatic carbocycles. The molecule has 2 N–H and O–H groups in total. The number of nitrogens with zero attached hydrogens (tertiary/aromatic N) is 4. The molecule has 2 aromatic rings. The van der Waals surface area contributed by atoms with E-state index >= 15 is 0 Å². The van der Waals surface area contributed by atoms with Gasteiger partial charge in [-0.15, -0.1) is 0 Å². The van der Waals surface area contributed by atoms with Crippen LogP contribution in [0.25, 0.3) is 0 Å². The van der Waals surface area contributed by atoms with Gasteiger partial charge in [0.05, 0.1) is 6.67 Å². The summed E-state index contributed by atoms with van der Waals surface area (Å²) in [6, 6.07) is 2.92. The summed E-state index contributed by atoms with van der Waals surface area (Å²) in [4.78, 5) is 39.7. The molecule has 0 fully saturated rings. The highest BCUT2D eigenvalue weighted by atomic mass is 19.1. The SMILES string of the molecule is CN(C)CCN1Cn2cc(C(=O)NCc3ccc(F)cc3F)c(=O)c(O)c2C(=O)N1C. The number of carbonyl (C=O) groups excluding carboxylic acids is 2. The highest BCUT2D eigenvalue weighted by Gasteiger charge is 2.33. The van der Waals surface area contributed by atoms with Crippen LogP contribution in [-0.4, -0.2) is 70.6 Å². The van der Waals surface area contributed by atoms with Crippen molar-refractivity contribution >= 4 is 11.8 Å². The Labute approximate surface area is 177 Å². The average Bonchev–Trinajstić information content (AvgIpc) is 2.71. The van der Waals surface area contributed by atoms with E-state index in [0.29, 0.717) is 19.2 Å². The Balaban J connectivity index is 1.87. The van der Waals surface area contributed by atoms with Gasteiger partial charge in [0, 0.05) is 44.5 Å². The first-order valence-electron chi connectivity index (χ1n) is 9.46. The van der Waals surface area contributed by atoms with Gasteiger partial charge in [0.25, 0.3) is 11.8 Å². The van der Waals surface area contributed by atoms with Crippen LogP contribution in [0.4, 0.5) is 8.78 Å². The monoisotopic (exact) mass is 435 g/mol. The molecule has 31 heavy (non-hydrogen) atoms. The van der Waals surface area contributed by atoms with E-state index in [1.165, 1.54) is 28.9 Å². The number of aromatic hydroxyl groups is 1. The minimum Gasteiger partial charge on any atom is -0.503 e. The third-order valence-corrected chi connectivity index (χ3v) is 5.00. The smallest absolute Gasteiger partial charge is 0.288 e. The van der Waals surface area contributed by atoms with Crippen LogP contribution < -0.4 is 10.7 Å². The third-order valence-electron chi connectivity index (χ3n) is 5.00. The van der Waals surface area contributed by atoms with Crippen LogP contribution in [-0.2, 0) is 13.2 Å². The van der Waals surface area contributed by atoms with Crippen molar-refractivity contribution in [3.05, 3.63) is 63.1 Å². The first-order valence-corrected chi connectivity index (χ1v) is 9.46. The van der Waals surface area contributed by atoms with Crippen molar-refractivity contribution in [3.63, 3.8) is 0 Å². The molecule has 3 rings (SSSR count). The Morgan fingerprint density at radius 2 is 1.97 bits per heavy atom. The minimum atomic E-state index is -1.01. The Morgan fingerprint density at radius 3 is 2.61 bits per heavy atom. The van der Waals surface area contributed by atoms with Gasteiger partial charge in [-0.1, -0.05) is 6.07 Å². The second kappa shape index (κ2) is 8.82. The molecular formula is C20H23F2N5O4. The summed E-state index contributed by atoms with van der Waals surface area (Å²) in [5.41, 5.74) is -1.58. The zero-order valence-electron chi connectivity index (χ0n) is 17.4. The summed E-state index contributed by atoms with van der Waals surface area (Å²) < 4.78 is 28.1. The summed E-state index contributed by atoms with van der Waals surface area (Å²) in [6.07, 6.45) is 1.20. The van der Waals surface area contributed by atoms with E-state index in [1.807, 2.05) is 19.0 Å². The predicted octanol–water partition coefficient (Wildman–Crippen LogP) is 0.584. The number of aromatic nitrogens is 1. The molecule has 2 heterocycles. The highest BCUT2D eigenvalue weighted by molar-refractivity contribution is 5.98. The fraction of sp³-hybridized carbons (Fsp3) is 0.350. The Morgan fingerprint density at radius 1 is 1.26 bits per heavy atom. The van der Waals surface area contributed by atoms with Gasteiger partial charge in [-0.05, 0) is 20.2 Å². The molecule has 2 amide bonds. The number of likely N-dealkylation sites (N-methyl/N-ethyl adjacent to an activating group) is 1. The Hall–Kier alpha value is -3.31. The molecular weight excluding hydrogens is 412 g/mol. The van der Waals surface area contributed by atoms with Gasteiger partial charge in [-0.2, -0.15) is 5.01 Å². The summed E-state index contributed by atoms with van der Waals surface area (Å²) in [5, 5.41) is 15.7. The topological polar surface area (TPSA) is 98.1 Å². The lowest BCUT2D eigenvalue weighted by molar-refractivity contribution is -0.0311. The fourth-order valence-electron chi connectivity index (χ4n) is 3.17. The number of amides is 2. The lowest BCUT2D eigenvalue weighted by Gasteiger charge is -2.38. The number of hydrogen-bond acceptors (Lipinski definition) is 6. The molecule has 9 nitrogen and oxygen atoms in total. The van der Waals surface area contributed by atoms with E-state index in [2.05, 4.69) is 5.32 Å². The molecule has 0 bridgehead atoms. The zero-order chi connectivity index (χ0) is 22.9. The number of pyridine rings is 1. The van der Waals surface area contributed by atoms with Crippen LogP contribution in [0.15, 0.2) is 29.2 Å². The summed E-state index contributed by atoms with van der Waals surface area (Å²) in [7, 11) is 5.30. The molecule has 0 saturated heterocycles. The van der Waals surface area contributed by atoms with E-state index in [-0.39, 0.29) is 24.5 Å². The largest absolute Gasteiger partial charge is 0.503 e. The fourth-order valence-corrected chi connectivity index (χ4v) is 3.17. The van der Waals surface area contributed by atoms with Crippen LogP contribution in [0.3, 0.4) is 0 Å². The van der Waals surface area contributed by atoms with Crippen molar-refractivity contribution in [1.82, 2.24) is 24.8 Å². The van der Waals surface area contributed by atoms with E-state index < -0.39 is 40.2 Å². The Kier molecular flexibility index (Phi) is 6.37. The van der Waals surface area contributed by atoms with Crippen molar-refractivity contribution in [3.8, 4) is 5.75 Å². The molecule has 1 aromatic carbocycles. The van der Waals surface area contributed by atoms with Crippen molar-refractivity contribution in [2.45, 2.75) is 13.2 Å². The number of halogens is 2. The molecule has 1 aliphatic heterocycles. The van der Waals surface area contributed by atoms with Crippen LogP contribution in [0.2, 0.25) is 0 Å². The first kappa shape index (κ1) is 22.4. The maximum atomic E-state index is 13.8.